The normalized spacial score (nSPS) is 30.1. The van der Waals surface area contributed by atoms with Crippen molar-refractivity contribution < 1.29 is 19.1 Å². The van der Waals surface area contributed by atoms with Gasteiger partial charge in [-0.15, -0.1) is 0 Å². The fraction of sp³-hybridized carbons (Fsp3) is 0.583. The third-order valence-electron chi connectivity index (χ3n) is 3.31. The molecule has 2 atom stereocenters. The highest BCUT2D eigenvalue weighted by Gasteiger charge is 2.53. The van der Waals surface area contributed by atoms with Crippen molar-refractivity contribution in [1.82, 2.24) is 0 Å². The Bertz CT molecular complexity index is 369. The molecule has 1 rings (SSSR count). The van der Waals surface area contributed by atoms with Crippen molar-refractivity contribution in [2.45, 2.75) is 26.7 Å². The molecular formula is C12H16O4. The summed E-state index contributed by atoms with van der Waals surface area (Å²) in [6, 6.07) is 0. The molecule has 0 aromatic rings. The third kappa shape index (κ3) is 1.58. The van der Waals surface area contributed by atoms with Crippen LogP contribution in [0.15, 0.2) is 12.2 Å². The Kier molecular flexibility index (Phi) is 3.31. The van der Waals surface area contributed by atoms with Gasteiger partial charge in [0.05, 0.1) is 13.0 Å². The fourth-order valence-corrected chi connectivity index (χ4v) is 2.14. The van der Waals surface area contributed by atoms with E-state index in [0.717, 1.165) is 0 Å². The summed E-state index contributed by atoms with van der Waals surface area (Å²) in [6.45, 7) is 6.85. The van der Waals surface area contributed by atoms with Crippen LogP contribution in [-0.2, 0) is 19.1 Å². The smallest absolute Gasteiger partial charge is 0.323 e. The first kappa shape index (κ1) is 12.6. The molecule has 1 fully saturated rings. The fourth-order valence-electron chi connectivity index (χ4n) is 2.14. The highest BCUT2D eigenvalue weighted by Crippen LogP contribution is 2.40. The van der Waals surface area contributed by atoms with E-state index in [0.29, 0.717) is 5.57 Å². The summed E-state index contributed by atoms with van der Waals surface area (Å²) in [5.74, 6) is -1.86. The summed E-state index contributed by atoms with van der Waals surface area (Å²) in [5.41, 5.74) is -0.870. The molecule has 1 saturated carbocycles. The molecular weight excluding hydrogens is 208 g/mol. The second kappa shape index (κ2) is 4.20. The van der Waals surface area contributed by atoms with Gasteiger partial charge in [0, 0.05) is 6.42 Å². The maximum Gasteiger partial charge on any atom is 0.323 e. The molecule has 0 saturated heterocycles. The molecule has 16 heavy (non-hydrogen) atoms. The van der Waals surface area contributed by atoms with Crippen molar-refractivity contribution in [3.8, 4) is 0 Å². The molecule has 0 aromatic heterocycles. The lowest BCUT2D eigenvalue weighted by atomic mass is 9.65. The van der Waals surface area contributed by atoms with Crippen LogP contribution < -0.4 is 0 Å². The highest BCUT2D eigenvalue weighted by atomic mass is 16.5. The lowest BCUT2D eigenvalue weighted by Crippen LogP contribution is -2.49. The molecule has 88 valence electrons. The van der Waals surface area contributed by atoms with Gasteiger partial charge >= 0.3 is 5.97 Å². The zero-order valence-corrected chi connectivity index (χ0v) is 9.83. The molecule has 1 aliphatic carbocycles. The predicted molar refractivity (Wildman–Crippen MR) is 57.7 cm³/mol. The van der Waals surface area contributed by atoms with Gasteiger partial charge in [0.2, 0.25) is 0 Å². The number of esters is 1. The van der Waals surface area contributed by atoms with E-state index in [1.54, 1.807) is 6.92 Å². The van der Waals surface area contributed by atoms with E-state index in [1.807, 2.05) is 0 Å². The third-order valence-corrected chi connectivity index (χ3v) is 3.31. The van der Waals surface area contributed by atoms with E-state index in [-0.39, 0.29) is 24.4 Å². The minimum absolute atomic E-state index is 0.120. The molecule has 4 nitrogen and oxygen atoms in total. The van der Waals surface area contributed by atoms with Crippen molar-refractivity contribution in [2.75, 3.05) is 7.11 Å². The first-order valence-corrected chi connectivity index (χ1v) is 5.19. The van der Waals surface area contributed by atoms with E-state index < -0.39 is 17.3 Å². The Morgan fingerprint density at radius 3 is 2.50 bits per heavy atom. The van der Waals surface area contributed by atoms with Gasteiger partial charge < -0.3 is 4.74 Å². The van der Waals surface area contributed by atoms with Gasteiger partial charge in [-0.3, -0.25) is 14.4 Å². The van der Waals surface area contributed by atoms with E-state index in [2.05, 4.69) is 11.3 Å². The lowest BCUT2D eigenvalue weighted by Gasteiger charge is -2.35. The maximum atomic E-state index is 12.1. The van der Waals surface area contributed by atoms with Crippen molar-refractivity contribution >= 4 is 17.5 Å². The Morgan fingerprint density at radius 1 is 1.50 bits per heavy atom. The molecule has 0 radical (unpaired) electrons. The predicted octanol–water partition coefficient (Wildman–Crippen LogP) is 1.29. The van der Waals surface area contributed by atoms with Gasteiger partial charge in [-0.2, -0.15) is 0 Å². The van der Waals surface area contributed by atoms with E-state index in [1.165, 1.54) is 14.0 Å². The Labute approximate surface area is 94.7 Å². The van der Waals surface area contributed by atoms with Gasteiger partial charge in [-0.1, -0.05) is 12.2 Å². The first-order valence-electron chi connectivity index (χ1n) is 5.19. The molecule has 0 bridgehead atoms. The number of carbonyl (C=O) groups excluding carboxylic acids is 3. The molecule has 0 heterocycles. The second-order valence-electron chi connectivity index (χ2n) is 4.23. The first-order chi connectivity index (χ1) is 7.37. The zero-order valence-electron chi connectivity index (χ0n) is 9.83. The summed E-state index contributed by atoms with van der Waals surface area (Å²) in [4.78, 5) is 35.3. The summed E-state index contributed by atoms with van der Waals surface area (Å²) in [5, 5.41) is 0. The number of hydrogen-bond donors (Lipinski definition) is 0. The Morgan fingerprint density at radius 2 is 2.06 bits per heavy atom. The van der Waals surface area contributed by atoms with E-state index in [4.69, 9.17) is 0 Å². The van der Waals surface area contributed by atoms with Gasteiger partial charge in [-0.05, 0) is 20.3 Å². The minimum atomic E-state index is -1.32. The number of ether oxygens (including phenoxy) is 1. The summed E-state index contributed by atoms with van der Waals surface area (Å²) in [6.07, 6.45) is 0.395. The van der Waals surface area contributed by atoms with Crippen LogP contribution in [0.25, 0.3) is 0 Å². The molecule has 0 spiro atoms. The average Bonchev–Trinajstić information content (AvgIpc) is 2.25. The van der Waals surface area contributed by atoms with E-state index >= 15 is 0 Å². The molecule has 0 amide bonds. The summed E-state index contributed by atoms with van der Waals surface area (Å²) >= 11 is 0. The second-order valence-corrected chi connectivity index (χ2v) is 4.23. The molecule has 0 aromatic carbocycles. The zero-order chi connectivity index (χ0) is 12.5. The topological polar surface area (TPSA) is 60.4 Å². The lowest BCUT2D eigenvalue weighted by molar-refractivity contribution is -0.160. The van der Waals surface area contributed by atoms with Gasteiger partial charge in [0.15, 0.2) is 5.78 Å². The van der Waals surface area contributed by atoms with Crippen LogP contribution in [0.3, 0.4) is 0 Å². The highest BCUT2D eigenvalue weighted by molar-refractivity contribution is 6.17. The standard InChI is InChI=1S/C12H16O4/c1-7(2)12(11(15)16-4)6-5-9(13)8(3)10(12)14/h8H,1,5-6H2,2-4H3. The summed E-state index contributed by atoms with van der Waals surface area (Å²) < 4.78 is 4.68. The molecule has 2 unspecified atom stereocenters. The number of hydrogen-bond acceptors (Lipinski definition) is 4. The molecule has 0 aliphatic heterocycles. The van der Waals surface area contributed by atoms with Gasteiger partial charge in [0.25, 0.3) is 0 Å². The van der Waals surface area contributed by atoms with Crippen LogP contribution in [0, 0.1) is 11.3 Å². The van der Waals surface area contributed by atoms with Crippen LogP contribution >= 0.6 is 0 Å². The average molecular weight is 224 g/mol. The van der Waals surface area contributed by atoms with Crippen LogP contribution in [0.1, 0.15) is 26.7 Å². The quantitative estimate of drug-likeness (QED) is 0.403. The molecule has 0 N–H and O–H groups in total. The van der Waals surface area contributed by atoms with Crippen LogP contribution in [0.4, 0.5) is 0 Å². The Hall–Kier alpha value is -1.45. The number of rotatable bonds is 2. The van der Waals surface area contributed by atoms with Crippen LogP contribution in [-0.4, -0.2) is 24.6 Å². The monoisotopic (exact) mass is 224 g/mol. The largest absolute Gasteiger partial charge is 0.468 e. The molecule has 4 heteroatoms. The number of ketones is 2. The van der Waals surface area contributed by atoms with Crippen LogP contribution in [0.5, 0.6) is 0 Å². The van der Waals surface area contributed by atoms with Crippen LogP contribution in [0.2, 0.25) is 0 Å². The summed E-state index contributed by atoms with van der Waals surface area (Å²) in [7, 11) is 1.24. The molecule has 1 aliphatic rings. The van der Waals surface area contributed by atoms with Gasteiger partial charge in [-0.25, -0.2) is 0 Å². The Balaban J connectivity index is 3.22. The minimum Gasteiger partial charge on any atom is -0.468 e. The number of carbonyl (C=O) groups is 3. The van der Waals surface area contributed by atoms with Crippen molar-refractivity contribution in [2.24, 2.45) is 11.3 Å². The number of methoxy groups -OCH3 is 1. The van der Waals surface area contributed by atoms with Crippen molar-refractivity contribution in [1.29, 1.82) is 0 Å². The SMILES string of the molecule is C=C(C)C1(C(=O)OC)CCC(=O)C(C)C1=O. The van der Waals surface area contributed by atoms with Gasteiger partial charge in [0.1, 0.15) is 11.2 Å². The van der Waals surface area contributed by atoms with Crippen molar-refractivity contribution in [3.63, 3.8) is 0 Å². The van der Waals surface area contributed by atoms with E-state index in [9.17, 15) is 14.4 Å². The number of Topliss-reactive ketones (excluding diaryl/α,β-unsaturated/α-hetero) is 2. The van der Waals surface area contributed by atoms with Crippen molar-refractivity contribution in [3.05, 3.63) is 12.2 Å². The maximum absolute atomic E-state index is 12.1.